The van der Waals surface area contributed by atoms with Crippen LogP contribution in [0.15, 0.2) is 60.9 Å². The van der Waals surface area contributed by atoms with E-state index in [2.05, 4.69) is 15.3 Å². The summed E-state index contributed by atoms with van der Waals surface area (Å²) in [5.41, 5.74) is 15.0. The molecule has 3 aromatic heterocycles. The number of aromatic nitrogens is 3. The van der Waals surface area contributed by atoms with Crippen molar-refractivity contribution in [1.29, 1.82) is 0 Å². The van der Waals surface area contributed by atoms with Crippen LogP contribution >= 0.6 is 0 Å². The van der Waals surface area contributed by atoms with Crippen molar-refractivity contribution >= 4 is 40.3 Å². The number of nitrogen functional groups attached to an aromatic ring is 1. The van der Waals surface area contributed by atoms with Gasteiger partial charge in [-0.1, -0.05) is 12.1 Å². The SMILES string of the molecule is Cc1cccc(NC(=O)[C@@H]2C3CCC(C3)N2C(=O)Cn2cc(C(N)=O)c3cc(-c4ccc(N)nc4)ccc32)n1. The second-order valence-corrected chi connectivity index (χ2v) is 10.4. The van der Waals surface area contributed by atoms with Gasteiger partial charge in [0.15, 0.2) is 0 Å². The number of pyridine rings is 2. The Morgan fingerprint density at radius 3 is 2.64 bits per heavy atom. The molecule has 1 aliphatic heterocycles. The Kier molecular flexibility index (Phi) is 6.02. The molecule has 5 N–H and O–H groups in total. The van der Waals surface area contributed by atoms with Gasteiger partial charge in [-0.05, 0) is 74.1 Å². The molecule has 2 bridgehead atoms. The smallest absolute Gasteiger partial charge is 0.250 e. The van der Waals surface area contributed by atoms with Gasteiger partial charge in [0, 0.05) is 40.6 Å². The van der Waals surface area contributed by atoms with Crippen LogP contribution in [0.25, 0.3) is 22.0 Å². The number of likely N-dealkylation sites (tertiary alicyclic amines) is 1. The highest BCUT2D eigenvalue weighted by Crippen LogP contribution is 2.43. The molecular weight excluding hydrogens is 494 g/mol. The summed E-state index contributed by atoms with van der Waals surface area (Å²) in [6.07, 6.45) is 5.88. The molecule has 198 valence electrons. The number of nitrogens with zero attached hydrogens (tertiary/aromatic N) is 4. The molecule has 6 rings (SSSR count). The van der Waals surface area contributed by atoms with Gasteiger partial charge in [0.2, 0.25) is 11.8 Å². The van der Waals surface area contributed by atoms with Crippen molar-refractivity contribution in [2.24, 2.45) is 11.7 Å². The van der Waals surface area contributed by atoms with Crippen molar-refractivity contribution in [3.8, 4) is 11.1 Å². The predicted octanol–water partition coefficient (Wildman–Crippen LogP) is 3.11. The number of benzene rings is 1. The quantitative estimate of drug-likeness (QED) is 0.354. The van der Waals surface area contributed by atoms with Gasteiger partial charge in [0.25, 0.3) is 5.91 Å². The fourth-order valence-electron chi connectivity index (χ4n) is 6.10. The number of carbonyl (C=O) groups is 3. The van der Waals surface area contributed by atoms with E-state index in [-0.39, 0.29) is 30.3 Å². The highest BCUT2D eigenvalue weighted by molar-refractivity contribution is 6.07. The molecule has 2 unspecified atom stereocenters. The van der Waals surface area contributed by atoms with Crippen LogP contribution in [-0.2, 0) is 16.1 Å². The molecule has 2 aliphatic rings. The first kappa shape index (κ1) is 24.6. The van der Waals surface area contributed by atoms with E-state index in [1.807, 2.05) is 43.3 Å². The van der Waals surface area contributed by atoms with Crippen molar-refractivity contribution in [1.82, 2.24) is 19.4 Å². The lowest BCUT2D eigenvalue weighted by molar-refractivity contribution is -0.141. The maximum Gasteiger partial charge on any atom is 0.250 e. The number of nitrogens with one attached hydrogen (secondary N) is 1. The van der Waals surface area contributed by atoms with Crippen LogP contribution in [0.1, 0.15) is 35.3 Å². The van der Waals surface area contributed by atoms with Gasteiger partial charge in [0.05, 0.1) is 5.56 Å². The minimum atomic E-state index is -0.582. The lowest BCUT2D eigenvalue weighted by Crippen LogP contribution is -2.51. The first-order valence-corrected chi connectivity index (χ1v) is 13.0. The van der Waals surface area contributed by atoms with Crippen LogP contribution in [0.4, 0.5) is 11.6 Å². The maximum atomic E-state index is 13.7. The summed E-state index contributed by atoms with van der Waals surface area (Å²) in [4.78, 5) is 49.7. The summed E-state index contributed by atoms with van der Waals surface area (Å²) in [6, 6.07) is 14.1. The minimum Gasteiger partial charge on any atom is -0.384 e. The molecule has 2 fully saturated rings. The Morgan fingerprint density at radius 1 is 1.08 bits per heavy atom. The largest absolute Gasteiger partial charge is 0.384 e. The van der Waals surface area contributed by atoms with Crippen molar-refractivity contribution < 1.29 is 14.4 Å². The Bertz CT molecular complexity index is 1610. The Hall–Kier alpha value is -4.73. The molecule has 4 aromatic rings. The third kappa shape index (κ3) is 4.47. The van der Waals surface area contributed by atoms with Crippen molar-refractivity contribution in [2.75, 3.05) is 11.1 Å². The topological polar surface area (TPSA) is 149 Å². The fraction of sp³-hybridized carbons (Fsp3) is 0.276. The van der Waals surface area contributed by atoms with Crippen molar-refractivity contribution in [3.05, 3.63) is 72.2 Å². The first-order valence-electron chi connectivity index (χ1n) is 13.0. The number of aryl methyl sites for hydroxylation is 1. The molecule has 4 heterocycles. The number of primary amides is 1. The van der Waals surface area contributed by atoms with Crippen LogP contribution in [0, 0.1) is 12.8 Å². The molecule has 1 saturated carbocycles. The molecule has 1 saturated heterocycles. The normalized spacial score (nSPS) is 19.9. The second kappa shape index (κ2) is 9.54. The van der Waals surface area contributed by atoms with Gasteiger partial charge in [-0.3, -0.25) is 14.4 Å². The summed E-state index contributed by atoms with van der Waals surface area (Å²) in [5.74, 6) is 0.0408. The first-order chi connectivity index (χ1) is 18.8. The van der Waals surface area contributed by atoms with E-state index in [0.29, 0.717) is 28.1 Å². The van der Waals surface area contributed by atoms with E-state index in [1.165, 1.54) is 0 Å². The third-order valence-corrected chi connectivity index (χ3v) is 7.85. The van der Waals surface area contributed by atoms with Gasteiger partial charge in [-0.15, -0.1) is 0 Å². The molecule has 0 spiro atoms. The molecular formula is C29H29N7O3. The number of amides is 3. The van der Waals surface area contributed by atoms with Gasteiger partial charge >= 0.3 is 0 Å². The summed E-state index contributed by atoms with van der Waals surface area (Å²) >= 11 is 0. The monoisotopic (exact) mass is 523 g/mol. The Morgan fingerprint density at radius 2 is 1.90 bits per heavy atom. The van der Waals surface area contributed by atoms with Crippen molar-refractivity contribution in [2.45, 2.75) is 44.8 Å². The fourth-order valence-corrected chi connectivity index (χ4v) is 6.10. The zero-order chi connectivity index (χ0) is 27.3. The van der Waals surface area contributed by atoms with E-state index >= 15 is 0 Å². The van der Waals surface area contributed by atoms with Gasteiger partial charge in [-0.2, -0.15) is 0 Å². The molecule has 10 heteroatoms. The van der Waals surface area contributed by atoms with Gasteiger partial charge in [0.1, 0.15) is 24.2 Å². The molecule has 39 heavy (non-hydrogen) atoms. The van der Waals surface area contributed by atoms with Gasteiger partial charge in [-0.25, -0.2) is 9.97 Å². The van der Waals surface area contributed by atoms with Crippen LogP contribution in [0.3, 0.4) is 0 Å². The molecule has 3 amide bonds. The van der Waals surface area contributed by atoms with E-state index in [0.717, 1.165) is 36.1 Å². The molecule has 10 nitrogen and oxygen atoms in total. The number of fused-ring (bicyclic) bond motifs is 3. The zero-order valence-electron chi connectivity index (χ0n) is 21.5. The number of nitrogens with two attached hydrogens (primary N) is 2. The third-order valence-electron chi connectivity index (χ3n) is 7.85. The average molecular weight is 524 g/mol. The maximum absolute atomic E-state index is 13.7. The van der Waals surface area contributed by atoms with Crippen molar-refractivity contribution in [3.63, 3.8) is 0 Å². The standard InChI is InChI=1S/C29H29N7O3/c1-16-3-2-4-25(33-16)34-29(39)27-18-5-8-20(11-18)36(27)26(37)15-35-14-22(28(31)38)21-12-17(6-9-23(21)35)19-7-10-24(30)32-13-19/h2-4,6-7,9-10,12-14,18,20,27H,5,8,11,15H2,1H3,(H2,30,32)(H2,31,38)(H,33,34,39)/t18?,20?,27-/m0/s1. The average Bonchev–Trinajstić information content (AvgIpc) is 3.62. The Labute approximate surface area is 225 Å². The summed E-state index contributed by atoms with van der Waals surface area (Å²) in [6.45, 7) is 1.85. The van der Waals surface area contributed by atoms with E-state index < -0.39 is 11.9 Å². The summed E-state index contributed by atoms with van der Waals surface area (Å²) in [5, 5.41) is 3.55. The van der Waals surface area contributed by atoms with Crippen LogP contribution < -0.4 is 16.8 Å². The Balaban J connectivity index is 1.29. The molecule has 3 atom stereocenters. The highest BCUT2D eigenvalue weighted by Gasteiger charge is 2.51. The van der Waals surface area contributed by atoms with E-state index in [4.69, 9.17) is 11.5 Å². The lowest BCUT2D eigenvalue weighted by atomic mass is 9.97. The van der Waals surface area contributed by atoms with E-state index in [1.54, 1.807) is 34.0 Å². The highest BCUT2D eigenvalue weighted by atomic mass is 16.2. The predicted molar refractivity (Wildman–Crippen MR) is 147 cm³/mol. The van der Waals surface area contributed by atoms with Gasteiger partial charge < -0.3 is 26.3 Å². The number of piperidine rings is 1. The number of hydrogen-bond acceptors (Lipinski definition) is 6. The number of carbonyl (C=O) groups excluding carboxylic acids is 3. The molecule has 0 radical (unpaired) electrons. The second-order valence-electron chi connectivity index (χ2n) is 10.4. The minimum absolute atomic E-state index is 0.0117. The lowest BCUT2D eigenvalue weighted by Gasteiger charge is -2.34. The number of anilines is 2. The summed E-state index contributed by atoms with van der Waals surface area (Å²) < 4.78 is 1.74. The number of hydrogen-bond donors (Lipinski definition) is 3. The van der Waals surface area contributed by atoms with Crippen LogP contribution in [0.2, 0.25) is 0 Å². The number of rotatable bonds is 6. The van der Waals surface area contributed by atoms with E-state index in [9.17, 15) is 14.4 Å². The molecule has 1 aliphatic carbocycles. The van der Waals surface area contributed by atoms with Crippen LogP contribution in [-0.4, -0.2) is 49.2 Å². The van der Waals surface area contributed by atoms with Crippen LogP contribution in [0.5, 0.6) is 0 Å². The zero-order valence-corrected chi connectivity index (χ0v) is 21.5. The molecule has 1 aromatic carbocycles. The summed E-state index contributed by atoms with van der Waals surface area (Å²) in [7, 11) is 0.